The van der Waals surface area contributed by atoms with Gasteiger partial charge >= 0.3 is 0 Å². The topological polar surface area (TPSA) is 58.9 Å². The fourth-order valence-corrected chi connectivity index (χ4v) is 3.47. The van der Waals surface area contributed by atoms with E-state index in [-0.39, 0.29) is 24.8 Å². The van der Waals surface area contributed by atoms with Crippen LogP contribution in [0.1, 0.15) is 11.1 Å². The molecule has 0 aliphatic heterocycles. The fourth-order valence-electron chi connectivity index (χ4n) is 3.47. The molecule has 2 aromatic carbocycles. The Labute approximate surface area is 162 Å². The Balaban J connectivity index is 1.52. The van der Waals surface area contributed by atoms with Gasteiger partial charge in [0.05, 0.1) is 5.52 Å². The number of amides is 1. The molecule has 1 amide bonds. The van der Waals surface area contributed by atoms with Crippen LogP contribution in [0, 0.1) is 5.82 Å². The largest absolute Gasteiger partial charge is 0.350 e. The molecule has 0 saturated carbocycles. The van der Waals surface area contributed by atoms with Crippen LogP contribution in [0.2, 0.25) is 0 Å². The Morgan fingerprint density at radius 3 is 2.71 bits per heavy atom. The second-order valence-electron chi connectivity index (χ2n) is 6.71. The third kappa shape index (κ3) is 3.46. The van der Waals surface area contributed by atoms with Crippen LogP contribution < -0.4 is 10.6 Å². The lowest BCUT2D eigenvalue weighted by Gasteiger charge is -2.10. The second-order valence-corrected chi connectivity index (χ2v) is 6.71. The van der Waals surface area contributed by atoms with E-state index in [0.29, 0.717) is 12.1 Å². The molecule has 2 aromatic heterocycles. The number of carbonyl (C=O) groups excluding carboxylic acids is 1. The van der Waals surface area contributed by atoms with Gasteiger partial charge in [-0.25, -0.2) is 9.37 Å². The minimum absolute atomic E-state index is 0.145. The lowest BCUT2D eigenvalue weighted by Crippen LogP contribution is -2.27. The van der Waals surface area contributed by atoms with Gasteiger partial charge in [-0.15, -0.1) is 0 Å². The Morgan fingerprint density at radius 1 is 1.07 bits per heavy atom. The van der Waals surface area contributed by atoms with E-state index in [1.807, 2.05) is 47.0 Å². The number of aromatic nitrogens is 2. The third-order valence-electron chi connectivity index (χ3n) is 4.80. The normalized spacial score (nSPS) is 11.2. The Kier molecular flexibility index (Phi) is 5.04. The van der Waals surface area contributed by atoms with Crippen molar-refractivity contribution < 1.29 is 9.18 Å². The van der Waals surface area contributed by atoms with Crippen molar-refractivity contribution in [1.29, 1.82) is 0 Å². The molecule has 0 saturated heterocycles. The van der Waals surface area contributed by atoms with Crippen molar-refractivity contribution in [2.24, 2.45) is 0 Å². The van der Waals surface area contributed by atoms with Gasteiger partial charge in [-0.3, -0.25) is 4.79 Å². The van der Waals surface area contributed by atoms with Gasteiger partial charge in [0, 0.05) is 35.6 Å². The van der Waals surface area contributed by atoms with Crippen LogP contribution in [0.15, 0.2) is 60.8 Å². The summed E-state index contributed by atoms with van der Waals surface area (Å²) in [4.78, 5) is 17.0. The molecular weight excluding hydrogens is 355 g/mol. The highest BCUT2D eigenvalue weighted by Gasteiger charge is 2.13. The van der Waals surface area contributed by atoms with Crippen LogP contribution in [-0.4, -0.2) is 22.5 Å². The van der Waals surface area contributed by atoms with E-state index < -0.39 is 0 Å². The molecule has 142 valence electrons. The molecule has 2 N–H and O–H groups in total. The predicted molar refractivity (Wildman–Crippen MR) is 108 cm³/mol. The smallest absolute Gasteiger partial charge is 0.240 e. The molecule has 0 fully saturated rings. The molecule has 0 aliphatic carbocycles. The standard InChI is InChI=1S/C22H21FN4O/c1-24-13-16-9-8-15(11-19(16)23)12-26-21(28)14-27-20-7-3-2-5-17(20)18-6-4-10-25-22(18)27/h2-11,24H,12-14H2,1H3,(H,26,28). The number of fused-ring (bicyclic) bond motifs is 3. The number of hydrogen-bond donors (Lipinski definition) is 2. The summed E-state index contributed by atoms with van der Waals surface area (Å²) in [5, 5.41) is 7.90. The number of rotatable bonds is 6. The van der Waals surface area contributed by atoms with Gasteiger partial charge in [0.2, 0.25) is 5.91 Å². The van der Waals surface area contributed by atoms with Gasteiger partial charge in [-0.2, -0.15) is 0 Å². The molecule has 4 rings (SSSR count). The zero-order valence-corrected chi connectivity index (χ0v) is 15.6. The van der Waals surface area contributed by atoms with Crippen molar-refractivity contribution in [2.45, 2.75) is 19.6 Å². The maximum atomic E-state index is 14.1. The highest BCUT2D eigenvalue weighted by atomic mass is 19.1. The number of carbonyl (C=O) groups is 1. The van der Waals surface area contributed by atoms with Crippen LogP contribution in [0.25, 0.3) is 21.9 Å². The number of benzene rings is 2. The molecule has 5 nitrogen and oxygen atoms in total. The van der Waals surface area contributed by atoms with E-state index in [2.05, 4.69) is 15.6 Å². The number of hydrogen-bond acceptors (Lipinski definition) is 3. The summed E-state index contributed by atoms with van der Waals surface area (Å²) in [6.07, 6.45) is 1.73. The van der Waals surface area contributed by atoms with E-state index in [1.54, 1.807) is 19.3 Å². The molecule has 0 unspecified atom stereocenters. The van der Waals surface area contributed by atoms with Crippen molar-refractivity contribution in [3.05, 3.63) is 77.7 Å². The first kappa shape index (κ1) is 18.1. The molecule has 2 heterocycles. The van der Waals surface area contributed by atoms with Crippen LogP contribution in [-0.2, 0) is 24.4 Å². The Morgan fingerprint density at radius 2 is 1.89 bits per heavy atom. The summed E-state index contributed by atoms with van der Waals surface area (Å²) in [5.74, 6) is -0.416. The number of nitrogens with zero attached hydrogens (tertiary/aromatic N) is 2. The van der Waals surface area contributed by atoms with Crippen LogP contribution >= 0.6 is 0 Å². The number of halogens is 1. The summed E-state index contributed by atoms with van der Waals surface area (Å²) in [7, 11) is 1.77. The maximum Gasteiger partial charge on any atom is 0.240 e. The van der Waals surface area contributed by atoms with Gasteiger partial charge in [0.25, 0.3) is 0 Å². The van der Waals surface area contributed by atoms with Gasteiger partial charge in [-0.1, -0.05) is 30.3 Å². The summed E-state index contributed by atoms with van der Waals surface area (Å²) in [6, 6.07) is 16.9. The summed E-state index contributed by atoms with van der Waals surface area (Å²) >= 11 is 0. The maximum absolute atomic E-state index is 14.1. The molecular formula is C22H21FN4O. The summed E-state index contributed by atoms with van der Waals surface area (Å²) in [6.45, 7) is 0.904. The van der Waals surface area contributed by atoms with E-state index >= 15 is 0 Å². The van der Waals surface area contributed by atoms with Crippen molar-refractivity contribution in [2.75, 3.05) is 7.05 Å². The van der Waals surface area contributed by atoms with Crippen LogP contribution in [0.4, 0.5) is 4.39 Å². The average molecular weight is 376 g/mol. The van der Waals surface area contributed by atoms with Crippen molar-refractivity contribution in [3.8, 4) is 0 Å². The molecule has 0 bridgehead atoms. The van der Waals surface area contributed by atoms with Gasteiger partial charge in [-0.05, 0) is 36.9 Å². The van der Waals surface area contributed by atoms with Crippen molar-refractivity contribution in [1.82, 2.24) is 20.2 Å². The van der Waals surface area contributed by atoms with E-state index in [4.69, 9.17) is 0 Å². The zero-order chi connectivity index (χ0) is 19.5. The van der Waals surface area contributed by atoms with Gasteiger partial charge in [0.1, 0.15) is 18.0 Å². The molecule has 4 aromatic rings. The van der Waals surface area contributed by atoms with E-state index in [1.165, 1.54) is 6.07 Å². The van der Waals surface area contributed by atoms with E-state index in [9.17, 15) is 9.18 Å². The first-order valence-electron chi connectivity index (χ1n) is 9.18. The highest BCUT2D eigenvalue weighted by molar-refractivity contribution is 6.07. The quantitative estimate of drug-likeness (QED) is 0.542. The van der Waals surface area contributed by atoms with Gasteiger partial charge in [0.15, 0.2) is 0 Å². The van der Waals surface area contributed by atoms with Crippen molar-refractivity contribution in [3.63, 3.8) is 0 Å². The fraction of sp³-hybridized carbons (Fsp3) is 0.182. The SMILES string of the molecule is CNCc1ccc(CNC(=O)Cn2c3ccccc3c3cccnc32)cc1F. The monoisotopic (exact) mass is 376 g/mol. The zero-order valence-electron chi connectivity index (χ0n) is 15.6. The first-order chi connectivity index (χ1) is 13.7. The lowest BCUT2D eigenvalue weighted by molar-refractivity contribution is -0.121. The average Bonchev–Trinajstić information content (AvgIpc) is 3.03. The summed E-state index contributed by atoms with van der Waals surface area (Å²) < 4.78 is 16.0. The number of para-hydroxylation sites is 1. The molecule has 0 atom stereocenters. The summed E-state index contributed by atoms with van der Waals surface area (Å²) in [5.41, 5.74) is 3.08. The van der Waals surface area contributed by atoms with E-state index in [0.717, 1.165) is 27.5 Å². The number of nitrogens with one attached hydrogen (secondary N) is 2. The van der Waals surface area contributed by atoms with Gasteiger partial charge < -0.3 is 15.2 Å². The minimum atomic E-state index is -0.271. The molecule has 28 heavy (non-hydrogen) atoms. The number of pyridine rings is 1. The van der Waals surface area contributed by atoms with Crippen LogP contribution in [0.5, 0.6) is 0 Å². The van der Waals surface area contributed by atoms with Crippen LogP contribution in [0.3, 0.4) is 0 Å². The minimum Gasteiger partial charge on any atom is -0.350 e. The molecule has 0 radical (unpaired) electrons. The van der Waals surface area contributed by atoms with Crippen molar-refractivity contribution >= 4 is 27.8 Å². The Hall–Kier alpha value is -3.25. The lowest BCUT2D eigenvalue weighted by atomic mass is 10.1. The molecule has 0 aliphatic rings. The Bertz CT molecular complexity index is 1100. The predicted octanol–water partition coefficient (Wildman–Crippen LogP) is 3.36. The molecule has 0 spiro atoms. The first-order valence-corrected chi connectivity index (χ1v) is 9.18. The molecule has 6 heteroatoms. The third-order valence-corrected chi connectivity index (χ3v) is 4.80. The second kappa shape index (κ2) is 7.78. The highest BCUT2D eigenvalue weighted by Crippen LogP contribution is 2.27.